The van der Waals surface area contributed by atoms with Crippen molar-refractivity contribution < 1.29 is 19.2 Å². The lowest BCUT2D eigenvalue weighted by Crippen LogP contribution is -2.41. The predicted octanol–water partition coefficient (Wildman–Crippen LogP) is 1.42. The van der Waals surface area contributed by atoms with Gasteiger partial charge in [-0.3, -0.25) is 19.3 Å². The maximum absolute atomic E-state index is 12.4. The van der Waals surface area contributed by atoms with E-state index in [0.717, 1.165) is 28.3 Å². The summed E-state index contributed by atoms with van der Waals surface area (Å²) in [6.45, 7) is -0.470. The minimum Gasteiger partial charge on any atom is -0.378 e. The number of anilines is 2. The normalized spacial score (nSPS) is 18.0. The number of carbonyl (C=O) groups excluding carboxylic acids is 4. The van der Waals surface area contributed by atoms with Crippen molar-refractivity contribution in [3.8, 4) is 0 Å². The van der Waals surface area contributed by atoms with Crippen molar-refractivity contribution in [2.75, 3.05) is 30.9 Å². The number of urea groups is 1. The molecular weight excluding hydrogens is 336 g/mol. The Hall–Kier alpha value is -2.90. The van der Waals surface area contributed by atoms with Crippen LogP contribution in [0.2, 0.25) is 0 Å². The van der Waals surface area contributed by atoms with Gasteiger partial charge in [0.05, 0.1) is 0 Å². The van der Waals surface area contributed by atoms with Gasteiger partial charge in [0, 0.05) is 31.5 Å². The summed E-state index contributed by atoms with van der Waals surface area (Å²) in [4.78, 5) is 52.6. The average Bonchev–Trinajstić information content (AvgIpc) is 3.19. The number of hydrogen-bond donors (Lipinski definition) is 1. The molecule has 3 rings (SSSR count). The van der Waals surface area contributed by atoms with Gasteiger partial charge in [0.1, 0.15) is 6.54 Å². The Bertz CT molecular complexity index is 738. The largest absolute Gasteiger partial charge is 0.378 e. The highest BCUT2D eigenvalue weighted by atomic mass is 16.2. The van der Waals surface area contributed by atoms with Gasteiger partial charge in [-0.15, -0.1) is 0 Å². The van der Waals surface area contributed by atoms with Crippen molar-refractivity contribution in [1.29, 1.82) is 0 Å². The van der Waals surface area contributed by atoms with Gasteiger partial charge in [-0.1, -0.05) is 12.8 Å². The van der Waals surface area contributed by atoms with Crippen LogP contribution in [-0.2, 0) is 14.4 Å². The molecule has 0 bridgehead atoms. The Balaban J connectivity index is 1.64. The summed E-state index contributed by atoms with van der Waals surface area (Å²) >= 11 is 0. The third-order valence-electron chi connectivity index (χ3n) is 4.74. The second-order valence-electron chi connectivity index (χ2n) is 6.78. The summed E-state index contributed by atoms with van der Waals surface area (Å²) in [5, 5.41) is 2.64. The predicted molar refractivity (Wildman–Crippen MR) is 95.6 cm³/mol. The van der Waals surface area contributed by atoms with Crippen molar-refractivity contribution in [3.05, 3.63) is 24.3 Å². The number of hydrogen-bond acceptors (Lipinski definition) is 5. The van der Waals surface area contributed by atoms with Gasteiger partial charge in [-0.05, 0) is 37.1 Å². The maximum Gasteiger partial charge on any atom is 0.334 e. The van der Waals surface area contributed by atoms with Crippen LogP contribution in [0.5, 0.6) is 0 Å². The van der Waals surface area contributed by atoms with Gasteiger partial charge in [0.25, 0.3) is 0 Å². The molecule has 0 radical (unpaired) electrons. The zero-order valence-electron chi connectivity index (χ0n) is 14.9. The van der Waals surface area contributed by atoms with Crippen LogP contribution >= 0.6 is 0 Å². The Labute approximate surface area is 151 Å². The Morgan fingerprint density at radius 3 is 2.27 bits per heavy atom. The highest BCUT2D eigenvalue weighted by Crippen LogP contribution is 2.27. The molecule has 5 amide bonds. The first kappa shape index (κ1) is 17.9. The molecule has 8 nitrogen and oxygen atoms in total. The van der Waals surface area contributed by atoms with Crippen molar-refractivity contribution in [3.63, 3.8) is 0 Å². The molecule has 138 valence electrons. The monoisotopic (exact) mass is 358 g/mol. The number of nitrogens with one attached hydrogen (secondary N) is 1. The lowest BCUT2D eigenvalue weighted by molar-refractivity contribution is -0.144. The van der Waals surface area contributed by atoms with Crippen LogP contribution in [-0.4, -0.2) is 60.2 Å². The number of benzene rings is 1. The summed E-state index contributed by atoms with van der Waals surface area (Å²) < 4.78 is 0. The molecule has 1 aliphatic heterocycles. The van der Waals surface area contributed by atoms with Gasteiger partial charge < -0.3 is 10.2 Å². The van der Waals surface area contributed by atoms with E-state index in [1.807, 2.05) is 31.1 Å². The van der Waals surface area contributed by atoms with Crippen LogP contribution in [0.15, 0.2) is 24.3 Å². The lowest BCUT2D eigenvalue weighted by atomic mass is 10.2. The van der Waals surface area contributed by atoms with Crippen LogP contribution in [0.3, 0.4) is 0 Å². The molecule has 1 aromatic carbocycles. The zero-order valence-corrected chi connectivity index (χ0v) is 14.9. The second kappa shape index (κ2) is 7.15. The van der Waals surface area contributed by atoms with E-state index in [4.69, 9.17) is 0 Å². The summed E-state index contributed by atoms with van der Waals surface area (Å²) in [6.07, 6.45) is 3.28. The molecule has 2 aliphatic rings. The number of nitrogens with zero attached hydrogens (tertiary/aromatic N) is 3. The van der Waals surface area contributed by atoms with E-state index in [9.17, 15) is 19.2 Å². The fourth-order valence-corrected chi connectivity index (χ4v) is 3.33. The molecule has 1 saturated carbocycles. The van der Waals surface area contributed by atoms with Crippen LogP contribution in [0.1, 0.15) is 25.7 Å². The van der Waals surface area contributed by atoms with Gasteiger partial charge in [0.2, 0.25) is 5.91 Å². The highest BCUT2D eigenvalue weighted by Gasteiger charge is 2.48. The molecule has 1 saturated heterocycles. The van der Waals surface area contributed by atoms with Crippen LogP contribution in [0.25, 0.3) is 0 Å². The topological polar surface area (TPSA) is 90.0 Å². The molecule has 0 aromatic heterocycles. The van der Waals surface area contributed by atoms with Crippen LogP contribution in [0.4, 0.5) is 16.2 Å². The third kappa shape index (κ3) is 3.40. The number of carbonyl (C=O) groups is 4. The fraction of sp³-hybridized carbons (Fsp3) is 0.444. The van der Waals surface area contributed by atoms with Gasteiger partial charge in [-0.25, -0.2) is 9.69 Å². The van der Waals surface area contributed by atoms with E-state index < -0.39 is 30.3 Å². The van der Waals surface area contributed by atoms with Crippen molar-refractivity contribution >= 4 is 35.1 Å². The summed E-state index contributed by atoms with van der Waals surface area (Å²) in [7, 11) is 3.82. The minimum atomic E-state index is -0.931. The third-order valence-corrected chi connectivity index (χ3v) is 4.74. The number of amides is 5. The Kier molecular flexibility index (Phi) is 4.92. The van der Waals surface area contributed by atoms with Gasteiger partial charge >= 0.3 is 17.8 Å². The molecular formula is C18H22N4O4. The van der Waals surface area contributed by atoms with Crippen molar-refractivity contribution in [2.45, 2.75) is 31.7 Å². The van der Waals surface area contributed by atoms with E-state index >= 15 is 0 Å². The van der Waals surface area contributed by atoms with Crippen LogP contribution < -0.4 is 10.2 Å². The Morgan fingerprint density at radius 1 is 1.08 bits per heavy atom. The Morgan fingerprint density at radius 2 is 1.69 bits per heavy atom. The van der Waals surface area contributed by atoms with E-state index in [2.05, 4.69) is 5.32 Å². The smallest absolute Gasteiger partial charge is 0.334 e. The molecule has 0 atom stereocenters. The van der Waals surface area contributed by atoms with Crippen LogP contribution in [0, 0.1) is 0 Å². The quantitative estimate of drug-likeness (QED) is 0.635. The van der Waals surface area contributed by atoms with E-state index in [0.29, 0.717) is 18.5 Å². The molecule has 2 fully saturated rings. The molecule has 1 aromatic rings. The number of rotatable bonds is 5. The highest BCUT2D eigenvalue weighted by molar-refractivity contribution is 6.45. The maximum atomic E-state index is 12.4. The summed E-state index contributed by atoms with van der Waals surface area (Å²) in [5.74, 6) is -2.28. The van der Waals surface area contributed by atoms with E-state index in [1.54, 1.807) is 12.1 Å². The van der Waals surface area contributed by atoms with E-state index in [-0.39, 0.29) is 6.04 Å². The fourth-order valence-electron chi connectivity index (χ4n) is 3.33. The standard InChI is InChI=1S/C18H22N4O4/c1-20(2)13-9-7-12(8-10-13)19-15(23)11-21-16(24)17(25)22(18(21)26)14-5-3-4-6-14/h7-10,14H,3-6,11H2,1-2H3,(H,19,23). The van der Waals surface area contributed by atoms with Gasteiger partial charge in [-0.2, -0.15) is 0 Å². The minimum absolute atomic E-state index is 0.231. The van der Waals surface area contributed by atoms with Crippen molar-refractivity contribution in [2.24, 2.45) is 0 Å². The SMILES string of the molecule is CN(C)c1ccc(NC(=O)CN2C(=O)C(=O)N(C3CCCC3)C2=O)cc1. The molecule has 1 aliphatic carbocycles. The first-order valence-electron chi connectivity index (χ1n) is 8.64. The second-order valence-corrected chi connectivity index (χ2v) is 6.78. The molecule has 0 spiro atoms. The number of imide groups is 2. The average molecular weight is 358 g/mol. The molecule has 8 heteroatoms. The zero-order chi connectivity index (χ0) is 18.8. The summed E-state index contributed by atoms with van der Waals surface area (Å²) in [6, 6.07) is 6.23. The first-order valence-corrected chi connectivity index (χ1v) is 8.64. The lowest BCUT2D eigenvalue weighted by Gasteiger charge is -2.20. The van der Waals surface area contributed by atoms with Gasteiger partial charge in [0.15, 0.2) is 0 Å². The summed E-state index contributed by atoms with van der Waals surface area (Å²) in [5.41, 5.74) is 1.53. The first-order chi connectivity index (χ1) is 12.4. The van der Waals surface area contributed by atoms with Crippen molar-refractivity contribution in [1.82, 2.24) is 9.80 Å². The molecule has 0 unspecified atom stereocenters. The van der Waals surface area contributed by atoms with E-state index in [1.165, 1.54) is 0 Å². The molecule has 26 heavy (non-hydrogen) atoms. The molecule has 1 heterocycles. The molecule has 1 N–H and O–H groups in total.